The first-order valence-electron chi connectivity index (χ1n) is 8.10. The van der Waals surface area contributed by atoms with Gasteiger partial charge in [0.05, 0.1) is 4.92 Å². The minimum atomic E-state index is -0.453. The first-order valence-corrected chi connectivity index (χ1v) is 8.10. The van der Waals surface area contributed by atoms with E-state index in [-0.39, 0.29) is 17.3 Å². The van der Waals surface area contributed by atoms with Gasteiger partial charge in [0.25, 0.3) is 11.6 Å². The molecule has 1 aliphatic heterocycles. The summed E-state index contributed by atoms with van der Waals surface area (Å²) in [6.07, 6.45) is 2.15. The van der Waals surface area contributed by atoms with Gasteiger partial charge in [-0.2, -0.15) is 0 Å². The van der Waals surface area contributed by atoms with E-state index < -0.39 is 11.0 Å². The summed E-state index contributed by atoms with van der Waals surface area (Å²) in [6.45, 7) is 3.99. The standard InChI is InChI=1S/C18H17N3O5/c1-3-8-20-17(22)15(19-18(20)23)10-13-5-7-16(26-13)14-6-4-12(21(24)25)9-11(14)2/h4-7,9-10H,3,8H2,1-2H3,(H,19,23)/b15-10-. The first-order chi connectivity index (χ1) is 12.4. The Bertz CT molecular complexity index is 929. The van der Waals surface area contributed by atoms with Crippen LogP contribution in [0.5, 0.6) is 0 Å². The van der Waals surface area contributed by atoms with Crippen LogP contribution in [0.3, 0.4) is 0 Å². The Morgan fingerprint density at radius 3 is 2.69 bits per heavy atom. The van der Waals surface area contributed by atoms with Crippen LogP contribution in [0.4, 0.5) is 10.5 Å². The van der Waals surface area contributed by atoms with Crippen LogP contribution in [0.1, 0.15) is 24.7 Å². The lowest BCUT2D eigenvalue weighted by molar-refractivity contribution is -0.384. The number of rotatable bonds is 5. The molecule has 0 bridgehead atoms. The molecule has 0 aliphatic carbocycles. The molecule has 1 aromatic carbocycles. The van der Waals surface area contributed by atoms with Crippen molar-refractivity contribution in [2.75, 3.05) is 6.54 Å². The predicted octanol–water partition coefficient (Wildman–Crippen LogP) is 3.47. The summed E-state index contributed by atoms with van der Waals surface area (Å²) >= 11 is 0. The van der Waals surface area contributed by atoms with Crippen molar-refractivity contribution in [1.29, 1.82) is 0 Å². The van der Waals surface area contributed by atoms with Crippen molar-refractivity contribution < 1.29 is 18.9 Å². The molecular weight excluding hydrogens is 338 g/mol. The molecule has 0 radical (unpaired) electrons. The molecule has 0 spiro atoms. The maximum Gasteiger partial charge on any atom is 0.329 e. The van der Waals surface area contributed by atoms with Crippen LogP contribution in [0.15, 0.2) is 40.4 Å². The van der Waals surface area contributed by atoms with Crippen LogP contribution in [-0.2, 0) is 4.79 Å². The van der Waals surface area contributed by atoms with Crippen molar-refractivity contribution in [3.05, 3.63) is 57.5 Å². The minimum Gasteiger partial charge on any atom is -0.457 e. The third kappa shape index (κ3) is 3.21. The molecule has 0 atom stereocenters. The molecule has 26 heavy (non-hydrogen) atoms. The van der Waals surface area contributed by atoms with Crippen LogP contribution in [-0.4, -0.2) is 28.3 Å². The fourth-order valence-electron chi connectivity index (χ4n) is 2.75. The van der Waals surface area contributed by atoms with Gasteiger partial charge in [-0.1, -0.05) is 6.92 Å². The van der Waals surface area contributed by atoms with Crippen LogP contribution in [0.2, 0.25) is 0 Å². The number of imide groups is 1. The molecule has 1 aliphatic rings. The molecule has 8 heteroatoms. The van der Waals surface area contributed by atoms with Crippen molar-refractivity contribution in [2.45, 2.75) is 20.3 Å². The Morgan fingerprint density at radius 2 is 2.04 bits per heavy atom. The Labute approximate surface area is 149 Å². The summed E-state index contributed by atoms with van der Waals surface area (Å²) in [5.41, 5.74) is 1.59. The fraction of sp³-hybridized carbons (Fsp3) is 0.222. The Hall–Kier alpha value is -3.42. The maximum absolute atomic E-state index is 12.2. The number of furan rings is 1. The monoisotopic (exact) mass is 355 g/mol. The largest absolute Gasteiger partial charge is 0.457 e. The quantitative estimate of drug-likeness (QED) is 0.383. The second kappa shape index (κ2) is 6.83. The summed E-state index contributed by atoms with van der Waals surface area (Å²) in [5, 5.41) is 13.4. The second-order valence-electron chi connectivity index (χ2n) is 5.90. The Kier molecular flexibility index (Phi) is 4.57. The molecule has 0 saturated carbocycles. The van der Waals surface area contributed by atoms with Crippen LogP contribution in [0.25, 0.3) is 17.4 Å². The Balaban J connectivity index is 1.86. The van der Waals surface area contributed by atoms with Gasteiger partial charge in [-0.25, -0.2) is 4.79 Å². The van der Waals surface area contributed by atoms with E-state index in [0.29, 0.717) is 30.0 Å². The molecule has 1 fully saturated rings. The van der Waals surface area contributed by atoms with Gasteiger partial charge >= 0.3 is 6.03 Å². The number of carbonyl (C=O) groups excluding carboxylic acids is 2. The molecule has 1 aromatic heterocycles. The van der Waals surface area contributed by atoms with Crippen molar-refractivity contribution in [3.63, 3.8) is 0 Å². The topological polar surface area (TPSA) is 106 Å². The number of nitrogens with one attached hydrogen (secondary N) is 1. The van der Waals surface area contributed by atoms with E-state index in [1.807, 2.05) is 6.92 Å². The van der Waals surface area contributed by atoms with E-state index in [1.165, 1.54) is 18.2 Å². The van der Waals surface area contributed by atoms with E-state index >= 15 is 0 Å². The normalized spacial score (nSPS) is 15.6. The van der Waals surface area contributed by atoms with E-state index in [2.05, 4.69) is 5.32 Å². The summed E-state index contributed by atoms with van der Waals surface area (Å²) in [4.78, 5) is 35.5. The summed E-state index contributed by atoms with van der Waals surface area (Å²) in [6, 6.07) is 7.44. The van der Waals surface area contributed by atoms with Gasteiger partial charge in [0, 0.05) is 30.3 Å². The van der Waals surface area contributed by atoms with Gasteiger partial charge in [-0.3, -0.25) is 19.8 Å². The zero-order valence-corrected chi connectivity index (χ0v) is 14.3. The SMILES string of the molecule is CCCN1C(=O)N/C(=C\c2ccc(-c3ccc([N+](=O)[O-])cc3C)o2)C1=O. The number of carbonyl (C=O) groups is 2. The number of nitrogens with zero attached hydrogens (tertiary/aromatic N) is 2. The molecule has 134 valence electrons. The van der Waals surface area contributed by atoms with Gasteiger partial charge in [0.15, 0.2) is 0 Å². The number of non-ortho nitro benzene ring substituents is 1. The number of nitro groups is 1. The van der Waals surface area contributed by atoms with Crippen molar-refractivity contribution in [1.82, 2.24) is 10.2 Å². The van der Waals surface area contributed by atoms with E-state index in [0.717, 1.165) is 10.5 Å². The van der Waals surface area contributed by atoms with Crippen molar-refractivity contribution >= 4 is 23.7 Å². The summed E-state index contributed by atoms with van der Waals surface area (Å²) < 4.78 is 5.72. The van der Waals surface area contributed by atoms with Gasteiger partial charge in [-0.15, -0.1) is 0 Å². The molecule has 3 rings (SSSR count). The van der Waals surface area contributed by atoms with E-state index in [1.54, 1.807) is 25.1 Å². The highest BCUT2D eigenvalue weighted by Crippen LogP contribution is 2.29. The van der Waals surface area contributed by atoms with Crippen LogP contribution in [0, 0.1) is 17.0 Å². The Morgan fingerprint density at radius 1 is 1.27 bits per heavy atom. The van der Waals surface area contributed by atoms with E-state index in [9.17, 15) is 19.7 Å². The number of nitro benzene ring substituents is 1. The van der Waals surface area contributed by atoms with E-state index in [4.69, 9.17) is 4.42 Å². The molecular formula is C18H17N3O5. The molecule has 8 nitrogen and oxygen atoms in total. The summed E-state index contributed by atoms with van der Waals surface area (Å²) in [5.74, 6) is 0.535. The number of amides is 3. The first kappa shape index (κ1) is 17.4. The zero-order valence-electron chi connectivity index (χ0n) is 14.3. The molecule has 1 N–H and O–H groups in total. The van der Waals surface area contributed by atoms with Gasteiger partial charge in [0.1, 0.15) is 17.2 Å². The van der Waals surface area contributed by atoms with Crippen molar-refractivity contribution in [3.8, 4) is 11.3 Å². The average molecular weight is 355 g/mol. The maximum atomic E-state index is 12.2. The number of hydrogen-bond donors (Lipinski definition) is 1. The number of benzene rings is 1. The lowest BCUT2D eigenvalue weighted by Gasteiger charge is -2.08. The van der Waals surface area contributed by atoms with Gasteiger partial charge in [-0.05, 0) is 37.1 Å². The number of urea groups is 1. The lowest BCUT2D eigenvalue weighted by Crippen LogP contribution is -2.31. The summed E-state index contributed by atoms with van der Waals surface area (Å²) in [7, 11) is 0. The lowest BCUT2D eigenvalue weighted by atomic mass is 10.1. The van der Waals surface area contributed by atoms with Crippen molar-refractivity contribution in [2.24, 2.45) is 0 Å². The molecule has 1 saturated heterocycles. The third-order valence-electron chi connectivity index (χ3n) is 4.01. The number of aryl methyl sites for hydroxylation is 1. The average Bonchev–Trinajstić information content (AvgIpc) is 3.15. The molecule has 0 unspecified atom stereocenters. The fourth-order valence-corrected chi connectivity index (χ4v) is 2.75. The van der Waals surface area contributed by atoms with Gasteiger partial charge < -0.3 is 9.73 Å². The second-order valence-corrected chi connectivity index (χ2v) is 5.90. The van der Waals surface area contributed by atoms with Crippen LogP contribution < -0.4 is 5.32 Å². The van der Waals surface area contributed by atoms with Gasteiger partial charge in [0.2, 0.25) is 0 Å². The van der Waals surface area contributed by atoms with Crippen LogP contribution >= 0.6 is 0 Å². The highest BCUT2D eigenvalue weighted by atomic mass is 16.6. The molecule has 2 heterocycles. The minimum absolute atomic E-state index is 0.00966. The number of hydrogen-bond acceptors (Lipinski definition) is 5. The smallest absolute Gasteiger partial charge is 0.329 e. The zero-order chi connectivity index (χ0) is 18.8. The predicted molar refractivity (Wildman–Crippen MR) is 94.0 cm³/mol. The molecule has 3 amide bonds. The molecule has 2 aromatic rings. The highest BCUT2D eigenvalue weighted by Gasteiger charge is 2.32. The third-order valence-corrected chi connectivity index (χ3v) is 4.01. The highest BCUT2D eigenvalue weighted by molar-refractivity contribution is 6.13.